The first-order chi connectivity index (χ1) is 9.54. The molecule has 0 atom stereocenters. The topological polar surface area (TPSA) is 57.7 Å². The third kappa shape index (κ3) is 2.61. The molecule has 2 rings (SSSR count). The standard InChI is InChI=1S/C15H16N2O3/c1-3-16-13(9-12-7-5-4-6-8-12)15(20)17(11(2)18)10-14(16)19/h4-9H,3,10H2,1-2H3/b13-9+. The van der Waals surface area contributed by atoms with E-state index < -0.39 is 11.8 Å². The number of piperazine rings is 1. The molecule has 20 heavy (non-hydrogen) atoms. The van der Waals surface area contributed by atoms with E-state index in [9.17, 15) is 14.4 Å². The molecule has 0 spiro atoms. The fourth-order valence-electron chi connectivity index (χ4n) is 2.13. The van der Waals surface area contributed by atoms with E-state index in [1.54, 1.807) is 13.0 Å². The van der Waals surface area contributed by atoms with Gasteiger partial charge >= 0.3 is 0 Å². The summed E-state index contributed by atoms with van der Waals surface area (Å²) in [5.41, 5.74) is 1.05. The minimum Gasteiger partial charge on any atom is -0.306 e. The molecular formula is C15H16N2O3. The van der Waals surface area contributed by atoms with Crippen molar-refractivity contribution in [3.05, 3.63) is 41.6 Å². The summed E-state index contributed by atoms with van der Waals surface area (Å²) in [5, 5.41) is 0. The molecule has 0 unspecified atom stereocenters. The molecule has 5 heteroatoms. The number of nitrogens with zero attached hydrogens (tertiary/aromatic N) is 2. The Balaban J connectivity index is 2.44. The number of likely N-dealkylation sites (N-methyl/N-ethyl adjacent to an activating group) is 1. The lowest BCUT2D eigenvalue weighted by molar-refractivity contribution is -0.152. The predicted molar refractivity (Wildman–Crippen MR) is 74.2 cm³/mol. The molecule has 1 heterocycles. The van der Waals surface area contributed by atoms with Gasteiger partial charge in [0.25, 0.3) is 5.91 Å². The Bertz CT molecular complexity index is 578. The lowest BCUT2D eigenvalue weighted by atomic mass is 10.1. The molecular weight excluding hydrogens is 256 g/mol. The molecule has 1 aliphatic rings. The van der Waals surface area contributed by atoms with Crippen LogP contribution < -0.4 is 0 Å². The molecule has 3 amide bonds. The maximum Gasteiger partial charge on any atom is 0.277 e. The summed E-state index contributed by atoms with van der Waals surface area (Å²) in [5.74, 6) is -1.09. The largest absolute Gasteiger partial charge is 0.306 e. The third-order valence-corrected chi connectivity index (χ3v) is 3.15. The van der Waals surface area contributed by atoms with Gasteiger partial charge in [-0.25, -0.2) is 0 Å². The van der Waals surface area contributed by atoms with Gasteiger partial charge in [-0.05, 0) is 18.6 Å². The average molecular weight is 272 g/mol. The molecule has 1 aliphatic heterocycles. The molecule has 0 saturated carbocycles. The Morgan fingerprint density at radius 2 is 1.90 bits per heavy atom. The Labute approximate surface area is 117 Å². The van der Waals surface area contributed by atoms with Crippen LogP contribution in [0.15, 0.2) is 36.0 Å². The average Bonchev–Trinajstić information content (AvgIpc) is 2.43. The van der Waals surface area contributed by atoms with E-state index in [2.05, 4.69) is 0 Å². The van der Waals surface area contributed by atoms with E-state index >= 15 is 0 Å². The molecule has 104 valence electrons. The summed E-state index contributed by atoms with van der Waals surface area (Å²) in [6, 6.07) is 9.24. The highest BCUT2D eigenvalue weighted by Gasteiger charge is 2.35. The summed E-state index contributed by atoms with van der Waals surface area (Å²) in [4.78, 5) is 38.2. The molecule has 0 aromatic heterocycles. The number of amides is 3. The van der Waals surface area contributed by atoms with Crippen molar-refractivity contribution in [1.29, 1.82) is 0 Å². The van der Waals surface area contributed by atoms with Crippen molar-refractivity contribution in [1.82, 2.24) is 9.80 Å². The van der Waals surface area contributed by atoms with Gasteiger partial charge in [-0.3, -0.25) is 19.3 Å². The van der Waals surface area contributed by atoms with Crippen LogP contribution in [0.3, 0.4) is 0 Å². The maximum atomic E-state index is 12.3. The maximum absolute atomic E-state index is 12.3. The van der Waals surface area contributed by atoms with E-state index in [1.807, 2.05) is 30.3 Å². The lowest BCUT2D eigenvalue weighted by Crippen LogP contribution is -2.53. The minimum absolute atomic E-state index is 0.186. The van der Waals surface area contributed by atoms with Crippen LogP contribution in [0.4, 0.5) is 0 Å². The van der Waals surface area contributed by atoms with Gasteiger partial charge in [-0.2, -0.15) is 0 Å². The second kappa shape index (κ2) is 5.69. The SMILES string of the molecule is CCN1C(=O)CN(C(C)=O)C(=O)/C1=C\c1ccccc1. The minimum atomic E-state index is -0.428. The van der Waals surface area contributed by atoms with Crippen LogP contribution in [-0.2, 0) is 14.4 Å². The van der Waals surface area contributed by atoms with Crippen LogP contribution in [-0.4, -0.2) is 40.6 Å². The third-order valence-electron chi connectivity index (χ3n) is 3.15. The number of carbonyl (C=O) groups excluding carboxylic acids is 3. The van der Waals surface area contributed by atoms with E-state index in [0.29, 0.717) is 6.54 Å². The molecule has 5 nitrogen and oxygen atoms in total. The lowest BCUT2D eigenvalue weighted by Gasteiger charge is -2.33. The van der Waals surface area contributed by atoms with Crippen molar-refractivity contribution in [2.24, 2.45) is 0 Å². The van der Waals surface area contributed by atoms with Crippen molar-refractivity contribution in [3.63, 3.8) is 0 Å². The zero-order chi connectivity index (χ0) is 14.7. The zero-order valence-electron chi connectivity index (χ0n) is 11.5. The molecule has 1 aromatic carbocycles. The van der Waals surface area contributed by atoms with Gasteiger partial charge in [0.2, 0.25) is 11.8 Å². The van der Waals surface area contributed by atoms with Crippen LogP contribution in [0, 0.1) is 0 Å². The summed E-state index contributed by atoms with van der Waals surface area (Å²) in [7, 11) is 0. The van der Waals surface area contributed by atoms with E-state index in [4.69, 9.17) is 0 Å². The summed E-state index contributed by atoms with van der Waals surface area (Å²) in [6.45, 7) is 3.30. The first-order valence-corrected chi connectivity index (χ1v) is 6.44. The summed E-state index contributed by atoms with van der Waals surface area (Å²) >= 11 is 0. The van der Waals surface area contributed by atoms with Crippen molar-refractivity contribution < 1.29 is 14.4 Å². The summed E-state index contributed by atoms with van der Waals surface area (Å²) in [6.07, 6.45) is 1.64. The Kier molecular flexibility index (Phi) is 3.98. The van der Waals surface area contributed by atoms with Gasteiger partial charge in [0.15, 0.2) is 0 Å². The Morgan fingerprint density at radius 1 is 1.25 bits per heavy atom. The fraction of sp³-hybridized carbons (Fsp3) is 0.267. The molecule has 0 aliphatic carbocycles. The van der Waals surface area contributed by atoms with Gasteiger partial charge in [0.1, 0.15) is 12.2 Å². The van der Waals surface area contributed by atoms with E-state index in [1.165, 1.54) is 11.8 Å². The highest BCUT2D eigenvalue weighted by atomic mass is 16.2. The first kappa shape index (κ1) is 14.0. The van der Waals surface area contributed by atoms with Crippen LogP contribution in [0.25, 0.3) is 6.08 Å². The monoisotopic (exact) mass is 272 g/mol. The number of hydrogen-bond acceptors (Lipinski definition) is 3. The Morgan fingerprint density at radius 3 is 2.45 bits per heavy atom. The van der Waals surface area contributed by atoms with Gasteiger partial charge in [0.05, 0.1) is 0 Å². The van der Waals surface area contributed by atoms with Gasteiger partial charge in [-0.1, -0.05) is 30.3 Å². The van der Waals surface area contributed by atoms with Crippen molar-refractivity contribution >= 4 is 23.8 Å². The molecule has 0 radical (unpaired) electrons. The van der Waals surface area contributed by atoms with Gasteiger partial charge in [0, 0.05) is 13.5 Å². The highest BCUT2D eigenvalue weighted by molar-refractivity contribution is 6.12. The molecule has 1 aromatic rings. The zero-order valence-corrected chi connectivity index (χ0v) is 11.5. The van der Waals surface area contributed by atoms with E-state index in [-0.39, 0.29) is 18.1 Å². The molecule has 1 fully saturated rings. The van der Waals surface area contributed by atoms with Gasteiger partial charge in [-0.15, -0.1) is 0 Å². The van der Waals surface area contributed by atoms with Crippen LogP contribution in [0.1, 0.15) is 19.4 Å². The molecule has 0 N–H and O–H groups in total. The van der Waals surface area contributed by atoms with Crippen molar-refractivity contribution in [2.75, 3.05) is 13.1 Å². The number of hydrogen-bond donors (Lipinski definition) is 0. The number of benzene rings is 1. The predicted octanol–water partition coefficient (Wildman–Crippen LogP) is 1.26. The summed E-state index contributed by atoms with van der Waals surface area (Å²) < 4.78 is 0. The second-order valence-corrected chi connectivity index (χ2v) is 4.49. The second-order valence-electron chi connectivity index (χ2n) is 4.49. The van der Waals surface area contributed by atoms with Crippen molar-refractivity contribution in [3.8, 4) is 0 Å². The van der Waals surface area contributed by atoms with Crippen LogP contribution in [0.2, 0.25) is 0 Å². The normalized spacial score (nSPS) is 17.8. The fourth-order valence-corrected chi connectivity index (χ4v) is 2.13. The van der Waals surface area contributed by atoms with Crippen LogP contribution in [0.5, 0.6) is 0 Å². The molecule has 0 bridgehead atoms. The quantitative estimate of drug-likeness (QED) is 0.762. The Hall–Kier alpha value is -2.43. The number of imide groups is 1. The smallest absolute Gasteiger partial charge is 0.277 e. The number of carbonyl (C=O) groups is 3. The van der Waals surface area contributed by atoms with E-state index in [0.717, 1.165) is 10.5 Å². The van der Waals surface area contributed by atoms with Crippen LogP contribution >= 0.6 is 0 Å². The highest BCUT2D eigenvalue weighted by Crippen LogP contribution is 2.19. The molecule has 1 saturated heterocycles. The van der Waals surface area contributed by atoms with Gasteiger partial charge < -0.3 is 4.90 Å². The van der Waals surface area contributed by atoms with Crippen molar-refractivity contribution in [2.45, 2.75) is 13.8 Å². The first-order valence-electron chi connectivity index (χ1n) is 6.44. The number of rotatable bonds is 2.